The van der Waals surface area contributed by atoms with E-state index in [2.05, 4.69) is 10.1 Å². The average Bonchev–Trinajstić information content (AvgIpc) is 2.90. The van der Waals surface area contributed by atoms with Crippen molar-refractivity contribution in [2.75, 3.05) is 20.3 Å². The van der Waals surface area contributed by atoms with Crippen LogP contribution >= 0.6 is 0 Å². The summed E-state index contributed by atoms with van der Waals surface area (Å²) in [6.45, 7) is 0.341. The topological polar surface area (TPSA) is 116 Å². The van der Waals surface area contributed by atoms with Gasteiger partial charge in [0.25, 0.3) is 0 Å². The van der Waals surface area contributed by atoms with Gasteiger partial charge in [0.05, 0.1) is 19.8 Å². The first-order valence-electron chi connectivity index (χ1n) is 6.47. The zero-order valence-electron chi connectivity index (χ0n) is 11.4. The molecule has 2 atom stereocenters. The molecular weight excluding hydrogens is 268 g/mol. The van der Waals surface area contributed by atoms with Crippen molar-refractivity contribution in [3.63, 3.8) is 0 Å². The number of rotatable bonds is 6. The first kappa shape index (κ1) is 16.2. The predicted molar refractivity (Wildman–Crippen MR) is 68.0 cm³/mol. The van der Waals surface area contributed by atoms with Gasteiger partial charge in [0.15, 0.2) is 0 Å². The maximum absolute atomic E-state index is 12.0. The fourth-order valence-electron chi connectivity index (χ4n) is 2.15. The van der Waals surface area contributed by atoms with E-state index in [4.69, 9.17) is 10.2 Å². The predicted octanol–water partition coefficient (Wildman–Crippen LogP) is -0.441. The molecule has 0 aromatic rings. The SMILES string of the molecule is COC(=O)CC[C@@H](NC(=O)N1CCCC1CO)C(=O)O. The average molecular weight is 288 g/mol. The number of aliphatic hydroxyl groups is 1. The van der Waals surface area contributed by atoms with Gasteiger partial charge in [0, 0.05) is 13.0 Å². The van der Waals surface area contributed by atoms with Gasteiger partial charge in [0.1, 0.15) is 6.04 Å². The van der Waals surface area contributed by atoms with Crippen LogP contribution in [0.25, 0.3) is 0 Å². The molecule has 8 nitrogen and oxygen atoms in total. The number of nitrogens with one attached hydrogen (secondary N) is 1. The van der Waals surface area contributed by atoms with E-state index in [0.717, 1.165) is 6.42 Å². The van der Waals surface area contributed by atoms with Crippen LogP contribution in [0.15, 0.2) is 0 Å². The van der Waals surface area contributed by atoms with Gasteiger partial charge in [-0.25, -0.2) is 9.59 Å². The lowest BCUT2D eigenvalue weighted by Gasteiger charge is -2.25. The molecule has 114 valence electrons. The van der Waals surface area contributed by atoms with E-state index in [-0.39, 0.29) is 25.5 Å². The fraction of sp³-hybridized carbons (Fsp3) is 0.750. The molecule has 3 N–H and O–H groups in total. The number of hydrogen-bond donors (Lipinski definition) is 3. The van der Waals surface area contributed by atoms with E-state index in [1.54, 1.807) is 0 Å². The smallest absolute Gasteiger partial charge is 0.326 e. The Hall–Kier alpha value is -1.83. The van der Waals surface area contributed by atoms with E-state index in [0.29, 0.717) is 13.0 Å². The molecule has 1 aliphatic rings. The monoisotopic (exact) mass is 288 g/mol. The number of urea groups is 1. The van der Waals surface area contributed by atoms with Crippen LogP contribution in [0.1, 0.15) is 25.7 Å². The second kappa shape index (κ2) is 7.68. The summed E-state index contributed by atoms with van der Waals surface area (Å²) in [5.41, 5.74) is 0. The molecule has 1 heterocycles. The van der Waals surface area contributed by atoms with Crippen molar-refractivity contribution in [1.29, 1.82) is 0 Å². The Balaban J connectivity index is 2.54. The van der Waals surface area contributed by atoms with Gasteiger partial charge in [-0.3, -0.25) is 4.79 Å². The first-order chi connectivity index (χ1) is 9.49. The highest BCUT2D eigenvalue weighted by Gasteiger charge is 2.30. The number of likely N-dealkylation sites (tertiary alicyclic amines) is 1. The molecule has 1 rings (SSSR count). The third-order valence-corrected chi connectivity index (χ3v) is 3.31. The van der Waals surface area contributed by atoms with Gasteiger partial charge in [-0.1, -0.05) is 0 Å². The van der Waals surface area contributed by atoms with Crippen LogP contribution in [0.3, 0.4) is 0 Å². The van der Waals surface area contributed by atoms with Gasteiger partial charge in [-0.2, -0.15) is 0 Å². The molecule has 0 bridgehead atoms. The van der Waals surface area contributed by atoms with Crippen molar-refractivity contribution in [3.8, 4) is 0 Å². The van der Waals surface area contributed by atoms with Crippen LogP contribution in [0.4, 0.5) is 4.79 Å². The highest BCUT2D eigenvalue weighted by molar-refractivity contribution is 5.83. The number of aliphatic carboxylic acids is 1. The van der Waals surface area contributed by atoms with Crippen molar-refractivity contribution in [1.82, 2.24) is 10.2 Å². The third-order valence-electron chi connectivity index (χ3n) is 3.31. The van der Waals surface area contributed by atoms with Gasteiger partial charge in [0.2, 0.25) is 0 Å². The molecule has 0 aromatic carbocycles. The lowest BCUT2D eigenvalue weighted by atomic mass is 10.1. The number of methoxy groups -OCH3 is 1. The van der Waals surface area contributed by atoms with Crippen molar-refractivity contribution in [3.05, 3.63) is 0 Å². The van der Waals surface area contributed by atoms with Gasteiger partial charge in [-0.15, -0.1) is 0 Å². The summed E-state index contributed by atoms with van der Waals surface area (Å²) in [5, 5.41) is 20.5. The minimum atomic E-state index is -1.21. The Morgan fingerprint density at radius 1 is 1.45 bits per heavy atom. The molecule has 0 spiro atoms. The van der Waals surface area contributed by atoms with E-state index >= 15 is 0 Å². The molecule has 1 aliphatic heterocycles. The zero-order valence-corrected chi connectivity index (χ0v) is 11.4. The summed E-state index contributed by atoms with van der Waals surface area (Å²) in [6, 6.07) is -1.95. The van der Waals surface area contributed by atoms with Crippen LogP contribution < -0.4 is 5.32 Å². The first-order valence-corrected chi connectivity index (χ1v) is 6.47. The summed E-state index contributed by atoms with van der Waals surface area (Å²) in [5.74, 6) is -1.73. The van der Waals surface area contributed by atoms with Crippen LogP contribution in [0, 0.1) is 0 Å². The summed E-state index contributed by atoms with van der Waals surface area (Å²) in [6.07, 6.45) is 1.35. The van der Waals surface area contributed by atoms with E-state index in [1.165, 1.54) is 12.0 Å². The molecule has 1 fully saturated rings. The number of carbonyl (C=O) groups excluding carboxylic acids is 2. The molecule has 1 saturated heterocycles. The van der Waals surface area contributed by atoms with E-state index in [1.807, 2.05) is 0 Å². The minimum Gasteiger partial charge on any atom is -0.480 e. The van der Waals surface area contributed by atoms with E-state index in [9.17, 15) is 14.4 Å². The molecule has 1 unspecified atom stereocenters. The normalized spacial score (nSPS) is 19.5. The summed E-state index contributed by atoms with van der Waals surface area (Å²) < 4.78 is 4.43. The molecule has 8 heteroatoms. The number of hydrogen-bond acceptors (Lipinski definition) is 5. The molecule has 20 heavy (non-hydrogen) atoms. The van der Waals surface area contributed by atoms with Gasteiger partial charge in [-0.05, 0) is 19.3 Å². The van der Waals surface area contributed by atoms with Crippen LogP contribution in [-0.4, -0.2) is 65.4 Å². The lowest BCUT2D eigenvalue weighted by Crippen LogP contribution is -2.50. The van der Waals surface area contributed by atoms with Gasteiger partial charge < -0.3 is 25.2 Å². The second-order valence-electron chi connectivity index (χ2n) is 4.63. The van der Waals surface area contributed by atoms with Crippen LogP contribution in [0.5, 0.6) is 0 Å². The Morgan fingerprint density at radius 3 is 2.70 bits per heavy atom. The number of carboxylic acid groups (broad SMARTS) is 1. The number of ether oxygens (including phenoxy) is 1. The number of aliphatic hydroxyl groups excluding tert-OH is 1. The Kier molecular flexibility index (Phi) is 6.23. The highest BCUT2D eigenvalue weighted by Crippen LogP contribution is 2.16. The zero-order chi connectivity index (χ0) is 15.1. The van der Waals surface area contributed by atoms with Crippen LogP contribution in [0.2, 0.25) is 0 Å². The van der Waals surface area contributed by atoms with Crippen molar-refractivity contribution in [2.24, 2.45) is 0 Å². The second-order valence-corrected chi connectivity index (χ2v) is 4.63. The molecular formula is C12H20N2O6. The Labute approximate surface area is 116 Å². The maximum atomic E-state index is 12.0. The lowest BCUT2D eigenvalue weighted by molar-refractivity contribution is -0.142. The third kappa shape index (κ3) is 4.37. The van der Waals surface area contributed by atoms with Gasteiger partial charge >= 0.3 is 18.0 Å². The molecule has 0 saturated carbocycles. The van der Waals surface area contributed by atoms with Crippen molar-refractivity contribution in [2.45, 2.75) is 37.8 Å². The number of carbonyl (C=O) groups is 3. The van der Waals surface area contributed by atoms with Crippen molar-refractivity contribution < 1.29 is 29.3 Å². The summed E-state index contributed by atoms with van der Waals surface area (Å²) >= 11 is 0. The van der Waals surface area contributed by atoms with Crippen molar-refractivity contribution >= 4 is 18.0 Å². The molecule has 0 aliphatic carbocycles. The molecule has 0 aromatic heterocycles. The Bertz CT molecular complexity index is 373. The van der Waals surface area contributed by atoms with E-state index < -0.39 is 24.0 Å². The standard InChI is InChI=1S/C12H20N2O6/c1-20-10(16)5-4-9(11(17)18)13-12(19)14-6-2-3-8(14)7-15/h8-9,15H,2-7H2,1H3,(H,13,19)(H,17,18)/t8?,9-/m1/s1. The number of amides is 2. The fourth-order valence-corrected chi connectivity index (χ4v) is 2.15. The number of esters is 1. The summed E-state index contributed by atoms with van der Waals surface area (Å²) in [4.78, 5) is 35.5. The van der Waals surface area contributed by atoms with Crippen LogP contribution in [-0.2, 0) is 14.3 Å². The maximum Gasteiger partial charge on any atom is 0.326 e. The summed E-state index contributed by atoms with van der Waals surface area (Å²) in [7, 11) is 1.22. The number of nitrogens with zero attached hydrogens (tertiary/aromatic N) is 1. The Morgan fingerprint density at radius 2 is 2.15 bits per heavy atom. The molecule has 2 amide bonds. The number of carboxylic acids is 1. The highest BCUT2D eigenvalue weighted by atomic mass is 16.5. The quantitative estimate of drug-likeness (QED) is 0.570. The minimum absolute atomic E-state index is 0.0363. The molecule has 0 radical (unpaired) electrons. The largest absolute Gasteiger partial charge is 0.480 e.